The van der Waals surface area contributed by atoms with E-state index in [9.17, 15) is 9.59 Å². The maximum atomic E-state index is 11.5. The van der Waals surface area contributed by atoms with E-state index in [1.807, 2.05) is 5.32 Å². The SMILES string of the molecule is C=CCOC(=O)NC(=O)N(C)CCC(=N)OCC.Cl. The first-order valence-electron chi connectivity index (χ1n) is 5.51. The highest BCUT2D eigenvalue weighted by Crippen LogP contribution is 1.93. The number of hydrogen-bond acceptors (Lipinski definition) is 5. The van der Waals surface area contributed by atoms with Gasteiger partial charge >= 0.3 is 12.1 Å². The molecule has 0 aromatic rings. The van der Waals surface area contributed by atoms with Gasteiger partial charge in [-0.25, -0.2) is 14.9 Å². The van der Waals surface area contributed by atoms with Crippen molar-refractivity contribution < 1.29 is 19.1 Å². The van der Waals surface area contributed by atoms with E-state index in [0.29, 0.717) is 13.0 Å². The molecule has 0 aliphatic heterocycles. The minimum absolute atomic E-state index is 0. The number of urea groups is 1. The van der Waals surface area contributed by atoms with Crippen LogP contribution in [0.5, 0.6) is 0 Å². The second-order valence-electron chi connectivity index (χ2n) is 3.35. The van der Waals surface area contributed by atoms with E-state index in [1.165, 1.54) is 18.0 Å². The lowest BCUT2D eigenvalue weighted by Crippen LogP contribution is -2.41. The van der Waals surface area contributed by atoms with Crippen LogP contribution in [0, 0.1) is 5.41 Å². The van der Waals surface area contributed by atoms with Gasteiger partial charge in [0, 0.05) is 20.0 Å². The zero-order chi connectivity index (χ0) is 14.0. The normalized spacial score (nSPS) is 8.74. The van der Waals surface area contributed by atoms with E-state index >= 15 is 0 Å². The summed E-state index contributed by atoms with van der Waals surface area (Å²) in [5, 5.41) is 9.41. The molecule has 0 atom stereocenters. The van der Waals surface area contributed by atoms with E-state index in [2.05, 4.69) is 11.3 Å². The van der Waals surface area contributed by atoms with E-state index < -0.39 is 12.1 Å². The summed E-state index contributed by atoms with van der Waals surface area (Å²) in [6.07, 6.45) is 0.864. The van der Waals surface area contributed by atoms with Gasteiger partial charge in [0.1, 0.15) is 6.61 Å². The average molecular weight is 294 g/mol. The van der Waals surface area contributed by atoms with Gasteiger partial charge in [-0.15, -0.1) is 12.4 Å². The molecule has 0 aliphatic carbocycles. The molecule has 0 heterocycles. The number of alkyl carbamates (subject to hydrolysis) is 1. The summed E-state index contributed by atoms with van der Waals surface area (Å²) in [5.41, 5.74) is 0. The Hall–Kier alpha value is -1.76. The van der Waals surface area contributed by atoms with Crippen LogP contribution in [0.15, 0.2) is 12.7 Å². The first-order valence-corrected chi connectivity index (χ1v) is 5.51. The van der Waals surface area contributed by atoms with Gasteiger partial charge in [0.2, 0.25) is 0 Å². The largest absolute Gasteiger partial charge is 0.481 e. The van der Waals surface area contributed by atoms with E-state index in [4.69, 9.17) is 10.1 Å². The molecule has 0 bridgehead atoms. The first-order chi connectivity index (χ1) is 8.51. The number of nitrogens with one attached hydrogen (secondary N) is 2. The third kappa shape index (κ3) is 9.90. The highest BCUT2D eigenvalue weighted by Gasteiger charge is 2.13. The van der Waals surface area contributed by atoms with Gasteiger partial charge < -0.3 is 14.4 Å². The van der Waals surface area contributed by atoms with Crippen LogP contribution < -0.4 is 5.32 Å². The van der Waals surface area contributed by atoms with Crippen LogP contribution in [0.2, 0.25) is 0 Å². The molecule has 0 unspecified atom stereocenters. The number of hydrogen-bond donors (Lipinski definition) is 2. The molecule has 8 heteroatoms. The fourth-order valence-electron chi connectivity index (χ4n) is 0.971. The number of halogens is 1. The van der Waals surface area contributed by atoms with E-state index in [1.54, 1.807) is 6.92 Å². The fourth-order valence-corrected chi connectivity index (χ4v) is 0.971. The minimum atomic E-state index is -0.827. The third-order valence-electron chi connectivity index (χ3n) is 1.88. The quantitative estimate of drug-likeness (QED) is 0.443. The molecule has 0 saturated carbocycles. The standard InChI is InChI=1S/C11H19N3O4.ClH/c1-4-8-18-11(16)13-10(15)14(3)7-6-9(12)17-5-2;/h4,12H,1,5-8H2,2-3H3,(H,13,15,16);1H. The molecule has 110 valence electrons. The van der Waals surface area contributed by atoms with Crippen molar-refractivity contribution in [3.05, 3.63) is 12.7 Å². The maximum Gasteiger partial charge on any atom is 0.415 e. The van der Waals surface area contributed by atoms with Gasteiger partial charge in [-0.3, -0.25) is 5.41 Å². The van der Waals surface area contributed by atoms with E-state index in [0.717, 1.165) is 0 Å². The van der Waals surface area contributed by atoms with Crippen LogP contribution in [-0.4, -0.2) is 49.7 Å². The monoisotopic (exact) mass is 293 g/mol. The highest BCUT2D eigenvalue weighted by molar-refractivity contribution is 5.90. The molecule has 2 N–H and O–H groups in total. The fraction of sp³-hybridized carbons (Fsp3) is 0.545. The average Bonchev–Trinajstić information content (AvgIpc) is 2.33. The van der Waals surface area contributed by atoms with Crippen LogP contribution >= 0.6 is 12.4 Å². The highest BCUT2D eigenvalue weighted by atomic mass is 35.5. The molecule has 19 heavy (non-hydrogen) atoms. The molecule has 7 nitrogen and oxygen atoms in total. The van der Waals surface area contributed by atoms with Crippen molar-refractivity contribution >= 4 is 30.4 Å². The van der Waals surface area contributed by atoms with Crippen molar-refractivity contribution in [2.45, 2.75) is 13.3 Å². The second kappa shape index (κ2) is 11.3. The van der Waals surface area contributed by atoms with Gasteiger partial charge in [-0.1, -0.05) is 12.7 Å². The molecule has 0 radical (unpaired) electrons. The molecule has 0 spiro atoms. The Morgan fingerprint density at radius 2 is 2.05 bits per heavy atom. The molecular weight excluding hydrogens is 274 g/mol. The van der Waals surface area contributed by atoms with Crippen LogP contribution in [0.4, 0.5) is 9.59 Å². The second-order valence-corrected chi connectivity index (χ2v) is 3.35. The third-order valence-corrected chi connectivity index (χ3v) is 1.88. The van der Waals surface area contributed by atoms with Crippen molar-refractivity contribution in [3.8, 4) is 0 Å². The lowest BCUT2D eigenvalue weighted by molar-refractivity contribution is 0.154. The molecule has 0 fully saturated rings. The predicted octanol–water partition coefficient (Wildman–Crippen LogP) is 1.78. The number of carbonyl (C=O) groups excluding carboxylic acids is 2. The first kappa shape index (κ1) is 19.6. The van der Waals surface area contributed by atoms with Gasteiger partial charge in [0.15, 0.2) is 5.90 Å². The molecule has 0 aliphatic rings. The van der Waals surface area contributed by atoms with Gasteiger partial charge in [0.25, 0.3) is 0 Å². The Morgan fingerprint density at radius 1 is 1.42 bits per heavy atom. The zero-order valence-corrected chi connectivity index (χ0v) is 11.9. The van der Waals surface area contributed by atoms with Crippen molar-refractivity contribution in [3.63, 3.8) is 0 Å². The summed E-state index contributed by atoms with van der Waals surface area (Å²) >= 11 is 0. The van der Waals surface area contributed by atoms with Crippen LogP contribution in [0.1, 0.15) is 13.3 Å². The zero-order valence-electron chi connectivity index (χ0n) is 11.1. The van der Waals surface area contributed by atoms with Crippen molar-refractivity contribution in [1.29, 1.82) is 5.41 Å². The summed E-state index contributed by atoms with van der Waals surface area (Å²) in [5.74, 6) is 0.103. The van der Waals surface area contributed by atoms with Crippen LogP contribution in [0.3, 0.4) is 0 Å². The van der Waals surface area contributed by atoms with Crippen molar-refractivity contribution in [2.24, 2.45) is 0 Å². The maximum absolute atomic E-state index is 11.5. The Morgan fingerprint density at radius 3 is 2.58 bits per heavy atom. The summed E-state index contributed by atoms with van der Waals surface area (Å²) in [4.78, 5) is 23.8. The van der Waals surface area contributed by atoms with Crippen molar-refractivity contribution in [1.82, 2.24) is 10.2 Å². The molecular formula is C11H20ClN3O4. The Bertz CT molecular complexity index is 323. The summed E-state index contributed by atoms with van der Waals surface area (Å²) < 4.78 is 9.52. The van der Waals surface area contributed by atoms with Crippen LogP contribution in [-0.2, 0) is 9.47 Å². The van der Waals surface area contributed by atoms with Gasteiger partial charge in [-0.2, -0.15) is 0 Å². The number of carbonyl (C=O) groups is 2. The molecule has 0 aromatic carbocycles. The number of ether oxygens (including phenoxy) is 2. The van der Waals surface area contributed by atoms with Gasteiger partial charge in [0.05, 0.1) is 6.61 Å². The van der Waals surface area contributed by atoms with Crippen LogP contribution in [0.25, 0.3) is 0 Å². The topological polar surface area (TPSA) is 91.7 Å². The number of rotatable bonds is 6. The predicted molar refractivity (Wildman–Crippen MR) is 73.9 cm³/mol. The number of imide groups is 1. The number of amides is 3. The van der Waals surface area contributed by atoms with Crippen molar-refractivity contribution in [2.75, 3.05) is 26.8 Å². The van der Waals surface area contributed by atoms with Gasteiger partial charge in [-0.05, 0) is 6.92 Å². The lowest BCUT2D eigenvalue weighted by Gasteiger charge is -2.17. The summed E-state index contributed by atoms with van der Waals surface area (Å²) in [6, 6.07) is -0.589. The summed E-state index contributed by atoms with van der Waals surface area (Å²) in [6.45, 7) is 5.89. The molecule has 0 rings (SSSR count). The smallest absolute Gasteiger partial charge is 0.415 e. The Balaban J connectivity index is 0. The Kier molecular flexibility index (Phi) is 11.7. The lowest BCUT2D eigenvalue weighted by atomic mass is 10.4. The molecule has 0 aromatic heterocycles. The Labute approximate surface area is 118 Å². The summed E-state index contributed by atoms with van der Waals surface area (Å²) in [7, 11) is 1.51. The van der Waals surface area contributed by atoms with E-state index in [-0.39, 0.29) is 31.5 Å². The number of nitrogens with zero attached hydrogens (tertiary/aromatic N) is 1. The molecule has 3 amide bonds. The molecule has 0 saturated heterocycles. The minimum Gasteiger partial charge on any atom is -0.481 e.